The highest BCUT2D eigenvalue weighted by atomic mass is 32.1. The molecule has 1 saturated heterocycles. The third kappa shape index (κ3) is 2.85. The summed E-state index contributed by atoms with van der Waals surface area (Å²) in [5.41, 5.74) is 3.66. The fourth-order valence-corrected chi connectivity index (χ4v) is 4.01. The van der Waals surface area contributed by atoms with Crippen LogP contribution >= 0.6 is 11.3 Å². The van der Waals surface area contributed by atoms with Crippen LogP contribution in [0, 0.1) is 13.8 Å². The van der Waals surface area contributed by atoms with Gasteiger partial charge in [-0.3, -0.25) is 9.88 Å². The Morgan fingerprint density at radius 2 is 2.25 bits per heavy atom. The zero-order valence-corrected chi connectivity index (χ0v) is 14.6. The molecule has 4 rings (SSSR count). The van der Waals surface area contributed by atoms with Crippen LogP contribution in [0.25, 0.3) is 11.3 Å². The topological polar surface area (TPSA) is 67.9 Å². The van der Waals surface area contributed by atoms with Crippen LogP contribution in [-0.2, 0) is 6.54 Å². The molecule has 4 heterocycles. The van der Waals surface area contributed by atoms with Crippen LogP contribution in [-0.4, -0.2) is 31.6 Å². The Balaban J connectivity index is 1.63. The highest BCUT2D eigenvalue weighted by Crippen LogP contribution is 2.33. The molecular weight excluding hydrogens is 322 g/mol. The quantitative estimate of drug-likeness (QED) is 0.723. The first kappa shape index (κ1) is 15.4. The van der Waals surface area contributed by atoms with Gasteiger partial charge in [0.15, 0.2) is 0 Å². The van der Waals surface area contributed by atoms with Gasteiger partial charge in [-0.15, -0.1) is 11.3 Å². The molecule has 1 fully saturated rings. The molecule has 3 aromatic rings. The zero-order chi connectivity index (χ0) is 16.5. The molecule has 0 amide bonds. The predicted octanol–water partition coefficient (Wildman–Crippen LogP) is 3.54. The molecule has 0 unspecified atom stereocenters. The van der Waals surface area contributed by atoms with E-state index in [4.69, 9.17) is 9.51 Å². The lowest BCUT2D eigenvalue weighted by molar-refractivity contribution is 0.244. The number of likely N-dealkylation sites (tertiary alicyclic amines) is 1. The minimum absolute atomic E-state index is 0.293. The molecule has 24 heavy (non-hydrogen) atoms. The van der Waals surface area contributed by atoms with Gasteiger partial charge < -0.3 is 4.52 Å². The molecule has 3 aromatic heterocycles. The molecule has 0 aliphatic carbocycles. The fourth-order valence-electron chi connectivity index (χ4n) is 3.37. The van der Waals surface area contributed by atoms with Gasteiger partial charge in [0.05, 0.1) is 47.6 Å². The zero-order valence-electron chi connectivity index (χ0n) is 13.8. The minimum atomic E-state index is 0.293. The van der Waals surface area contributed by atoms with E-state index in [0.29, 0.717) is 6.04 Å². The van der Waals surface area contributed by atoms with E-state index in [-0.39, 0.29) is 0 Å². The summed E-state index contributed by atoms with van der Waals surface area (Å²) in [5, 5.41) is 7.20. The summed E-state index contributed by atoms with van der Waals surface area (Å²) in [5.74, 6) is 0.782. The average molecular weight is 341 g/mol. The van der Waals surface area contributed by atoms with Crippen molar-refractivity contribution in [3.05, 3.63) is 46.1 Å². The van der Waals surface area contributed by atoms with E-state index in [9.17, 15) is 0 Å². The van der Waals surface area contributed by atoms with E-state index in [2.05, 4.69) is 20.0 Å². The first-order chi connectivity index (χ1) is 11.7. The number of rotatable bonds is 4. The van der Waals surface area contributed by atoms with Crippen LogP contribution in [0.2, 0.25) is 0 Å². The maximum Gasteiger partial charge on any atom is 0.143 e. The van der Waals surface area contributed by atoms with Gasteiger partial charge in [0.25, 0.3) is 0 Å². The normalized spacial score (nSPS) is 18.3. The number of hydrogen-bond donors (Lipinski definition) is 0. The second kappa shape index (κ2) is 6.41. The molecule has 1 aliphatic rings. The summed E-state index contributed by atoms with van der Waals surface area (Å²) in [6.45, 7) is 5.79. The number of nitrogens with zero attached hydrogens (tertiary/aromatic N) is 5. The fraction of sp³-hybridized carbons (Fsp3) is 0.412. The van der Waals surface area contributed by atoms with Crippen LogP contribution < -0.4 is 0 Å². The van der Waals surface area contributed by atoms with Crippen molar-refractivity contribution in [3.63, 3.8) is 0 Å². The van der Waals surface area contributed by atoms with Crippen LogP contribution in [0.3, 0.4) is 0 Å². The third-order valence-electron chi connectivity index (χ3n) is 4.47. The van der Waals surface area contributed by atoms with Crippen LogP contribution in [0.5, 0.6) is 0 Å². The van der Waals surface area contributed by atoms with Crippen molar-refractivity contribution in [2.75, 3.05) is 6.54 Å². The smallest absolute Gasteiger partial charge is 0.143 e. The molecule has 7 heteroatoms. The van der Waals surface area contributed by atoms with Crippen molar-refractivity contribution in [1.29, 1.82) is 0 Å². The Morgan fingerprint density at radius 3 is 3.00 bits per heavy atom. The van der Waals surface area contributed by atoms with Crippen LogP contribution in [0.4, 0.5) is 0 Å². The van der Waals surface area contributed by atoms with E-state index in [1.54, 1.807) is 17.5 Å². The summed E-state index contributed by atoms with van der Waals surface area (Å²) in [4.78, 5) is 16.2. The Hall–Kier alpha value is -2.12. The number of aromatic nitrogens is 4. The van der Waals surface area contributed by atoms with Crippen LogP contribution in [0.15, 0.2) is 28.5 Å². The highest BCUT2D eigenvalue weighted by Gasteiger charge is 2.28. The Kier molecular flexibility index (Phi) is 4.12. The SMILES string of the molecule is Cc1noc(C)c1-c1cncc([C@@H]2CCCN2Cc2nccs2)n1. The van der Waals surface area contributed by atoms with Gasteiger partial charge in [0.1, 0.15) is 10.8 Å². The van der Waals surface area contributed by atoms with E-state index < -0.39 is 0 Å². The van der Waals surface area contributed by atoms with Gasteiger partial charge in [-0.1, -0.05) is 5.16 Å². The number of thiazole rings is 1. The largest absolute Gasteiger partial charge is 0.361 e. The van der Waals surface area contributed by atoms with E-state index in [0.717, 1.165) is 52.9 Å². The van der Waals surface area contributed by atoms with E-state index in [1.807, 2.05) is 31.6 Å². The second-order valence-electron chi connectivity index (χ2n) is 6.08. The molecular formula is C17H19N5OS. The van der Waals surface area contributed by atoms with Crippen molar-refractivity contribution in [2.45, 2.75) is 39.3 Å². The van der Waals surface area contributed by atoms with Gasteiger partial charge in [0, 0.05) is 11.6 Å². The summed E-state index contributed by atoms with van der Waals surface area (Å²) >= 11 is 1.70. The molecule has 0 saturated carbocycles. The van der Waals surface area contributed by atoms with Gasteiger partial charge in [-0.25, -0.2) is 9.97 Å². The number of aryl methyl sites for hydroxylation is 2. The summed E-state index contributed by atoms with van der Waals surface area (Å²) < 4.78 is 5.27. The van der Waals surface area contributed by atoms with Crippen molar-refractivity contribution in [1.82, 2.24) is 25.0 Å². The molecule has 1 aliphatic heterocycles. The monoisotopic (exact) mass is 341 g/mol. The minimum Gasteiger partial charge on any atom is -0.361 e. The van der Waals surface area contributed by atoms with Gasteiger partial charge >= 0.3 is 0 Å². The molecule has 0 aromatic carbocycles. The van der Waals surface area contributed by atoms with Crippen molar-refractivity contribution in [3.8, 4) is 11.3 Å². The highest BCUT2D eigenvalue weighted by molar-refractivity contribution is 7.09. The molecule has 0 radical (unpaired) electrons. The molecule has 6 nitrogen and oxygen atoms in total. The first-order valence-electron chi connectivity index (χ1n) is 8.10. The maximum atomic E-state index is 5.27. The van der Waals surface area contributed by atoms with Crippen molar-refractivity contribution < 1.29 is 4.52 Å². The molecule has 0 bridgehead atoms. The Bertz CT molecular complexity index is 810. The Morgan fingerprint density at radius 1 is 1.33 bits per heavy atom. The standard InChI is InChI=1S/C17H19N5OS/c1-11-17(12(2)23-21-11)14-9-18-8-13(20-14)15-4-3-6-22(15)10-16-19-5-7-24-16/h5,7-9,15H,3-4,6,10H2,1-2H3/t15-/m0/s1. The lowest BCUT2D eigenvalue weighted by Gasteiger charge is -2.23. The molecule has 0 N–H and O–H groups in total. The summed E-state index contributed by atoms with van der Waals surface area (Å²) in [6, 6.07) is 0.293. The lowest BCUT2D eigenvalue weighted by Crippen LogP contribution is -2.23. The maximum absolute atomic E-state index is 5.27. The molecule has 0 spiro atoms. The van der Waals surface area contributed by atoms with E-state index in [1.165, 1.54) is 6.42 Å². The Labute approximate surface area is 144 Å². The molecule has 124 valence electrons. The molecule has 1 atom stereocenters. The van der Waals surface area contributed by atoms with Gasteiger partial charge in [-0.05, 0) is 33.2 Å². The van der Waals surface area contributed by atoms with Crippen LogP contribution in [0.1, 0.15) is 41.0 Å². The van der Waals surface area contributed by atoms with E-state index >= 15 is 0 Å². The van der Waals surface area contributed by atoms with Gasteiger partial charge in [0.2, 0.25) is 0 Å². The summed E-state index contributed by atoms with van der Waals surface area (Å²) in [6.07, 6.45) is 7.81. The average Bonchev–Trinajstić information content (AvgIpc) is 3.31. The second-order valence-corrected chi connectivity index (χ2v) is 7.06. The summed E-state index contributed by atoms with van der Waals surface area (Å²) in [7, 11) is 0. The first-order valence-corrected chi connectivity index (χ1v) is 8.98. The van der Waals surface area contributed by atoms with Crippen molar-refractivity contribution in [2.24, 2.45) is 0 Å². The lowest BCUT2D eigenvalue weighted by atomic mass is 10.1. The van der Waals surface area contributed by atoms with Gasteiger partial charge in [-0.2, -0.15) is 0 Å². The third-order valence-corrected chi connectivity index (χ3v) is 5.23. The van der Waals surface area contributed by atoms with Crippen molar-refractivity contribution >= 4 is 11.3 Å². The number of hydrogen-bond acceptors (Lipinski definition) is 7. The predicted molar refractivity (Wildman–Crippen MR) is 91.5 cm³/mol.